The zero-order valence-electron chi connectivity index (χ0n) is 17.3. The largest absolute Gasteiger partial charge is 0.493 e. The molecule has 0 atom stereocenters. The second-order valence-electron chi connectivity index (χ2n) is 6.86. The van der Waals surface area contributed by atoms with E-state index in [1.165, 1.54) is 19.1 Å². The van der Waals surface area contributed by atoms with Crippen LogP contribution in [0.1, 0.15) is 30.1 Å². The Labute approximate surface area is 175 Å². The zero-order valence-corrected chi connectivity index (χ0v) is 17.3. The predicted octanol–water partition coefficient (Wildman–Crippen LogP) is 3.07. The summed E-state index contributed by atoms with van der Waals surface area (Å²) in [5.41, 5.74) is 2.09. The fraction of sp³-hybridized carbons (Fsp3) is 0.318. The average Bonchev–Trinajstić information content (AvgIpc) is 2.77. The molecule has 158 valence electrons. The van der Waals surface area contributed by atoms with Crippen LogP contribution < -0.4 is 24.6 Å². The van der Waals surface area contributed by atoms with Crippen molar-refractivity contribution in [3.8, 4) is 11.5 Å². The molecular formula is C22H25N3O5. The minimum atomic E-state index is -0.335. The van der Waals surface area contributed by atoms with Gasteiger partial charge >= 0.3 is 0 Å². The van der Waals surface area contributed by atoms with Crippen LogP contribution in [-0.4, -0.2) is 45.5 Å². The van der Waals surface area contributed by atoms with Crippen LogP contribution in [0.5, 0.6) is 11.5 Å². The summed E-state index contributed by atoms with van der Waals surface area (Å²) in [4.78, 5) is 39.9. The van der Waals surface area contributed by atoms with Crippen LogP contribution in [0.4, 0.5) is 17.1 Å². The second kappa shape index (κ2) is 9.30. The van der Waals surface area contributed by atoms with Gasteiger partial charge in [0, 0.05) is 17.8 Å². The molecule has 3 rings (SSSR count). The Bertz CT molecular complexity index is 960. The molecule has 0 saturated carbocycles. The molecule has 30 heavy (non-hydrogen) atoms. The molecule has 2 aromatic rings. The summed E-state index contributed by atoms with van der Waals surface area (Å²) in [6.07, 6.45) is 2.60. The minimum Gasteiger partial charge on any atom is -0.493 e. The van der Waals surface area contributed by atoms with Gasteiger partial charge in [-0.3, -0.25) is 19.3 Å². The van der Waals surface area contributed by atoms with E-state index in [4.69, 9.17) is 9.47 Å². The van der Waals surface area contributed by atoms with E-state index in [9.17, 15) is 14.4 Å². The number of ether oxygens (including phenoxy) is 2. The van der Waals surface area contributed by atoms with Crippen molar-refractivity contribution in [1.82, 2.24) is 0 Å². The number of unbranched alkanes of at least 4 members (excludes halogenated alkanes) is 1. The first-order valence-corrected chi connectivity index (χ1v) is 9.72. The molecule has 0 fully saturated rings. The quantitative estimate of drug-likeness (QED) is 0.675. The van der Waals surface area contributed by atoms with Gasteiger partial charge in [0.2, 0.25) is 12.3 Å². The molecule has 1 heterocycles. The molecule has 1 aliphatic rings. The summed E-state index contributed by atoms with van der Waals surface area (Å²) in [5.74, 6) is 0.298. The standard InChI is InChI=1S/C22H25N3O5/c1-4-5-10-24(14-26)16-7-8-18-17(12-16)23-21(27)13-25(18)22(28)15-6-9-19(29-2)20(11-15)30-3/h6-9,11-12,14H,4-5,10,13H2,1-3H3,(H,23,27). The maximum absolute atomic E-state index is 13.2. The van der Waals surface area contributed by atoms with Gasteiger partial charge in [0.15, 0.2) is 11.5 Å². The third-order valence-electron chi connectivity index (χ3n) is 4.93. The molecule has 0 unspecified atom stereocenters. The lowest BCUT2D eigenvalue weighted by Gasteiger charge is -2.30. The number of methoxy groups -OCH3 is 2. The highest BCUT2D eigenvalue weighted by Gasteiger charge is 2.29. The molecule has 0 bridgehead atoms. The summed E-state index contributed by atoms with van der Waals surface area (Å²) >= 11 is 0. The summed E-state index contributed by atoms with van der Waals surface area (Å²) < 4.78 is 10.5. The van der Waals surface area contributed by atoms with Gasteiger partial charge in [-0.2, -0.15) is 0 Å². The number of benzene rings is 2. The monoisotopic (exact) mass is 411 g/mol. The van der Waals surface area contributed by atoms with Gasteiger partial charge in [-0.25, -0.2) is 0 Å². The van der Waals surface area contributed by atoms with E-state index in [-0.39, 0.29) is 18.4 Å². The van der Waals surface area contributed by atoms with E-state index in [2.05, 4.69) is 5.32 Å². The third-order valence-corrected chi connectivity index (χ3v) is 4.93. The highest BCUT2D eigenvalue weighted by atomic mass is 16.5. The number of hydrogen-bond donors (Lipinski definition) is 1. The smallest absolute Gasteiger partial charge is 0.258 e. The Morgan fingerprint density at radius 2 is 1.93 bits per heavy atom. The van der Waals surface area contributed by atoms with Crippen molar-refractivity contribution in [1.29, 1.82) is 0 Å². The Balaban J connectivity index is 1.94. The van der Waals surface area contributed by atoms with Crippen molar-refractivity contribution < 1.29 is 23.9 Å². The SMILES string of the molecule is CCCCN(C=O)c1ccc2c(c1)NC(=O)CN2C(=O)c1ccc(OC)c(OC)c1. The second-order valence-corrected chi connectivity index (χ2v) is 6.86. The maximum Gasteiger partial charge on any atom is 0.258 e. The van der Waals surface area contributed by atoms with Gasteiger partial charge in [-0.15, -0.1) is 0 Å². The Morgan fingerprint density at radius 1 is 1.17 bits per heavy atom. The number of carbonyl (C=O) groups is 3. The number of rotatable bonds is 8. The van der Waals surface area contributed by atoms with Crippen LogP contribution in [0.25, 0.3) is 0 Å². The molecule has 1 aliphatic heterocycles. The number of nitrogens with one attached hydrogen (secondary N) is 1. The van der Waals surface area contributed by atoms with Crippen molar-refractivity contribution >= 4 is 35.3 Å². The number of amides is 3. The highest BCUT2D eigenvalue weighted by Crippen LogP contribution is 2.35. The first-order valence-electron chi connectivity index (χ1n) is 9.72. The van der Waals surface area contributed by atoms with Gasteiger partial charge < -0.3 is 19.7 Å². The number of carbonyl (C=O) groups excluding carboxylic acids is 3. The van der Waals surface area contributed by atoms with Crippen LogP contribution >= 0.6 is 0 Å². The number of hydrogen-bond acceptors (Lipinski definition) is 5. The average molecular weight is 411 g/mol. The van der Waals surface area contributed by atoms with E-state index >= 15 is 0 Å². The molecule has 0 aromatic heterocycles. The van der Waals surface area contributed by atoms with E-state index in [1.54, 1.807) is 41.3 Å². The molecule has 8 heteroatoms. The van der Waals surface area contributed by atoms with E-state index in [1.807, 2.05) is 6.92 Å². The van der Waals surface area contributed by atoms with Crippen LogP contribution in [0.2, 0.25) is 0 Å². The summed E-state index contributed by atoms with van der Waals surface area (Å²) in [6, 6.07) is 10.1. The number of nitrogens with zero attached hydrogens (tertiary/aromatic N) is 2. The lowest BCUT2D eigenvalue weighted by molar-refractivity contribution is -0.115. The van der Waals surface area contributed by atoms with Crippen LogP contribution in [0.3, 0.4) is 0 Å². The van der Waals surface area contributed by atoms with Crippen molar-refractivity contribution in [2.75, 3.05) is 42.4 Å². The number of anilines is 3. The molecular weight excluding hydrogens is 386 g/mol. The third kappa shape index (κ3) is 4.22. The molecule has 2 aromatic carbocycles. The molecule has 3 amide bonds. The summed E-state index contributed by atoms with van der Waals surface area (Å²) in [6.45, 7) is 2.53. The van der Waals surface area contributed by atoms with Crippen LogP contribution in [0, 0.1) is 0 Å². The molecule has 0 radical (unpaired) electrons. The highest BCUT2D eigenvalue weighted by molar-refractivity contribution is 6.15. The molecule has 0 aliphatic carbocycles. The lowest BCUT2D eigenvalue weighted by Crippen LogP contribution is -2.42. The van der Waals surface area contributed by atoms with Gasteiger partial charge in [0.1, 0.15) is 6.54 Å². The Kier molecular flexibility index (Phi) is 6.56. The van der Waals surface area contributed by atoms with Gasteiger partial charge in [-0.1, -0.05) is 13.3 Å². The van der Waals surface area contributed by atoms with Crippen molar-refractivity contribution in [3.63, 3.8) is 0 Å². The van der Waals surface area contributed by atoms with E-state index in [0.29, 0.717) is 40.7 Å². The maximum atomic E-state index is 13.2. The Morgan fingerprint density at radius 3 is 2.60 bits per heavy atom. The lowest BCUT2D eigenvalue weighted by atomic mass is 10.1. The normalized spacial score (nSPS) is 12.6. The van der Waals surface area contributed by atoms with Crippen molar-refractivity contribution in [3.05, 3.63) is 42.0 Å². The first-order chi connectivity index (χ1) is 14.5. The molecule has 0 saturated heterocycles. The summed E-state index contributed by atoms with van der Waals surface area (Å²) in [7, 11) is 3.01. The van der Waals surface area contributed by atoms with Crippen LogP contribution in [-0.2, 0) is 9.59 Å². The minimum absolute atomic E-state index is 0.104. The Hall–Kier alpha value is -3.55. The molecule has 1 N–H and O–H groups in total. The first kappa shape index (κ1) is 21.2. The fourth-order valence-electron chi connectivity index (χ4n) is 3.33. The van der Waals surface area contributed by atoms with Crippen molar-refractivity contribution in [2.45, 2.75) is 19.8 Å². The topological polar surface area (TPSA) is 88.2 Å². The van der Waals surface area contributed by atoms with E-state index < -0.39 is 0 Å². The molecule has 8 nitrogen and oxygen atoms in total. The zero-order chi connectivity index (χ0) is 21.7. The van der Waals surface area contributed by atoms with Crippen LogP contribution in [0.15, 0.2) is 36.4 Å². The van der Waals surface area contributed by atoms with Gasteiger partial charge in [0.25, 0.3) is 5.91 Å². The fourth-order valence-corrected chi connectivity index (χ4v) is 3.33. The van der Waals surface area contributed by atoms with Crippen molar-refractivity contribution in [2.24, 2.45) is 0 Å². The predicted molar refractivity (Wildman–Crippen MR) is 115 cm³/mol. The summed E-state index contributed by atoms with van der Waals surface area (Å²) in [5, 5.41) is 2.79. The van der Waals surface area contributed by atoms with Gasteiger partial charge in [0.05, 0.1) is 25.6 Å². The number of fused-ring (bicyclic) bond motifs is 1. The molecule has 0 spiro atoms. The van der Waals surface area contributed by atoms with Gasteiger partial charge in [-0.05, 0) is 42.8 Å². The van der Waals surface area contributed by atoms with E-state index in [0.717, 1.165) is 19.3 Å².